The molecule has 0 radical (unpaired) electrons. The minimum absolute atomic E-state index is 0.319. The van der Waals surface area contributed by atoms with Gasteiger partial charge in [-0.2, -0.15) is 0 Å². The molecule has 0 bridgehead atoms. The van der Waals surface area contributed by atoms with E-state index in [9.17, 15) is 9.00 Å². The Kier molecular flexibility index (Phi) is 4.34. The third kappa shape index (κ3) is 3.39. The van der Waals surface area contributed by atoms with Gasteiger partial charge in [0.1, 0.15) is 4.88 Å². The normalized spacial score (nSPS) is 19.1. The number of thiophene rings is 1. The molecular weight excluding hydrogens is 256 g/mol. The summed E-state index contributed by atoms with van der Waals surface area (Å²) < 4.78 is 12.1. The molecular formula is C12H16O3S2. The molecule has 0 aromatic carbocycles. The molecule has 1 saturated carbocycles. The first kappa shape index (κ1) is 12.8. The van der Waals surface area contributed by atoms with Crippen LogP contribution in [-0.2, 0) is 16.6 Å². The summed E-state index contributed by atoms with van der Waals surface area (Å²) in [5.74, 6) is -0.382. The van der Waals surface area contributed by atoms with Crippen molar-refractivity contribution in [2.24, 2.45) is 0 Å². The minimum Gasteiger partial charge on any atom is -0.477 e. The number of aromatic carboxylic acids is 1. The van der Waals surface area contributed by atoms with Gasteiger partial charge in [0.25, 0.3) is 0 Å². The van der Waals surface area contributed by atoms with Crippen LogP contribution in [0.4, 0.5) is 0 Å². The summed E-state index contributed by atoms with van der Waals surface area (Å²) in [6, 6.07) is 3.38. The zero-order valence-electron chi connectivity index (χ0n) is 9.55. The first-order valence-corrected chi connectivity index (χ1v) is 8.06. The monoisotopic (exact) mass is 272 g/mol. The summed E-state index contributed by atoms with van der Waals surface area (Å²) in [6.07, 6.45) is 5.74. The fraction of sp³-hybridized carbons (Fsp3) is 0.583. The van der Waals surface area contributed by atoms with E-state index in [1.165, 1.54) is 30.6 Å². The van der Waals surface area contributed by atoms with Crippen LogP contribution in [0.5, 0.6) is 0 Å². The lowest BCUT2D eigenvalue weighted by molar-refractivity contribution is 0.0702. The minimum atomic E-state index is -0.898. The van der Waals surface area contributed by atoms with Crippen LogP contribution in [0.15, 0.2) is 12.1 Å². The van der Waals surface area contributed by atoms with Crippen LogP contribution in [-0.4, -0.2) is 20.5 Å². The average molecular weight is 272 g/mol. The maximum Gasteiger partial charge on any atom is 0.345 e. The SMILES string of the molecule is O=C(O)c1ccc(CS(=O)C2CCCCC2)s1. The summed E-state index contributed by atoms with van der Waals surface area (Å²) in [5, 5.41) is 9.13. The second-order valence-corrected chi connectivity index (χ2v) is 7.24. The number of carboxylic acids is 1. The molecule has 94 valence electrons. The molecule has 5 heteroatoms. The molecule has 17 heavy (non-hydrogen) atoms. The third-order valence-corrected chi connectivity index (χ3v) is 6.15. The Balaban J connectivity index is 1.94. The van der Waals surface area contributed by atoms with E-state index in [0.717, 1.165) is 17.7 Å². The second kappa shape index (κ2) is 5.78. The highest BCUT2D eigenvalue weighted by Crippen LogP contribution is 2.25. The maximum atomic E-state index is 12.1. The molecule has 0 amide bonds. The summed E-state index contributed by atoms with van der Waals surface area (Å²) in [4.78, 5) is 12.0. The predicted octanol–water partition coefficient (Wildman–Crippen LogP) is 3.03. The smallest absolute Gasteiger partial charge is 0.345 e. The highest BCUT2D eigenvalue weighted by molar-refractivity contribution is 7.85. The van der Waals surface area contributed by atoms with Crippen molar-refractivity contribution in [3.8, 4) is 0 Å². The summed E-state index contributed by atoms with van der Waals surface area (Å²) in [6.45, 7) is 0. The lowest BCUT2D eigenvalue weighted by Crippen LogP contribution is -2.19. The van der Waals surface area contributed by atoms with Crippen LogP contribution in [0.3, 0.4) is 0 Å². The fourth-order valence-corrected chi connectivity index (χ4v) is 4.85. The lowest BCUT2D eigenvalue weighted by Gasteiger charge is -2.20. The van der Waals surface area contributed by atoms with E-state index in [1.807, 2.05) is 0 Å². The number of hydrogen-bond acceptors (Lipinski definition) is 3. The van der Waals surface area contributed by atoms with Gasteiger partial charge in [-0.1, -0.05) is 19.3 Å². The van der Waals surface area contributed by atoms with Crippen LogP contribution < -0.4 is 0 Å². The van der Waals surface area contributed by atoms with Crippen molar-refractivity contribution in [2.75, 3.05) is 0 Å². The molecule has 2 rings (SSSR count). The fourth-order valence-electron chi connectivity index (χ4n) is 2.16. The van der Waals surface area contributed by atoms with Gasteiger partial charge in [0.2, 0.25) is 0 Å². The van der Waals surface area contributed by atoms with Crippen molar-refractivity contribution in [2.45, 2.75) is 43.1 Å². The van der Waals surface area contributed by atoms with E-state index in [-0.39, 0.29) is 0 Å². The molecule has 3 nitrogen and oxygen atoms in total. The number of rotatable bonds is 4. The lowest BCUT2D eigenvalue weighted by atomic mass is 10.0. The molecule has 1 fully saturated rings. The Morgan fingerprint density at radius 3 is 2.65 bits per heavy atom. The third-order valence-electron chi connectivity index (χ3n) is 3.08. The molecule has 0 spiro atoms. The van der Waals surface area contributed by atoms with Gasteiger partial charge in [0.15, 0.2) is 0 Å². The number of carbonyl (C=O) groups is 1. The van der Waals surface area contributed by atoms with Gasteiger partial charge >= 0.3 is 5.97 Å². The van der Waals surface area contributed by atoms with E-state index >= 15 is 0 Å². The van der Waals surface area contributed by atoms with Crippen molar-refractivity contribution in [3.05, 3.63) is 21.9 Å². The van der Waals surface area contributed by atoms with Crippen molar-refractivity contribution in [1.82, 2.24) is 0 Å². The van der Waals surface area contributed by atoms with E-state index in [2.05, 4.69) is 0 Å². The van der Waals surface area contributed by atoms with Gasteiger partial charge in [-0.05, 0) is 25.0 Å². The van der Waals surface area contributed by atoms with E-state index in [0.29, 0.717) is 15.9 Å². The Morgan fingerprint density at radius 1 is 1.35 bits per heavy atom. The molecule has 1 atom stereocenters. The van der Waals surface area contributed by atoms with Crippen LogP contribution in [0.2, 0.25) is 0 Å². The average Bonchev–Trinajstić information content (AvgIpc) is 2.79. The van der Waals surface area contributed by atoms with Crippen LogP contribution in [0.1, 0.15) is 46.7 Å². The van der Waals surface area contributed by atoms with Gasteiger partial charge in [-0.15, -0.1) is 11.3 Å². The number of carboxylic acid groups (broad SMARTS) is 1. The summed E-state index contributed by atoms with van der Waals surface area (Å²) >= 11 is 1.24. The van der Waals surface area contributed by atoms with Crippen molar-refractivity contribution >= 4 is 28.1 Å². The second-order valence-electron chi connectivity index (χ2n) is 4.36. The molecule has 1 N–H and O–H groups in total. The molecule has 0 aliphatic heterocycles. The molecule has 1 aliphatic rings. The summed E-state index contributed by atoms with van der Waals surface area (Å²) in [5.41, 5.74) is 0. The Morgan fingerprint density at radius 2 is 2.06 bits per heavy atom. The molecule has 1 aromatic rings. The van der Waals surface area contributed by atoms with Gasteiger partial charge in [0, 0.05) is 20.9 Å². The van der Waals surface area contributed by atoms with Crippen molar-refractivity contribution < 1.29 is 14.1 Å². The van der Waals surface area contributed by atoms with Crippen molar-refractivity contribution in [3.63, 3.8) is 0 Å². The van der Waals surface area contributed by atoms with Gasteiger partial charge in [-0.25, -0.2) is 4.79 Å². The van der Waals surface area contributed by atoms with Gasteiger partial charge in [-0.3, -0.25) is 4.21 Å². The van der Waals surface area contributed by atoms with E-state index in [1.54, 1.807) is 12.1 Å². The van der Waals surface area contributed by atoms with Gasteiger partial charge < -0.3 is 5.11 Å². The zero-order valence-corrected chi connectivity index (χ0v) is 11.2. The predicted molar refractivity (Wildman–Crippen MR) is 70.0 cm³/mol. The topological polar surface area (TPSA) is 54.4 Å². The molecule has 1 unspecified atom stereocenters. The molecule has 1 heterocycles. The van der Waals surface area contributed by atoms with Crippen molar-refractivity contribution in [1.29, 1.82) is 0 Å². The Bertz CT molecular complexity index is 419. The summed E-state index contributed by atoms with van der Waals surface area (Å²) in [7, 11) is -0.840. The van der Waals surface area contributed by atoms with E-state index in [4.69, 9.17) is 5.11 Å². The van der Waals surface area contributed by atoms with Crippen LogP contribution in [0, 0.1) is 0 Å². The Labute approximate surface area is 107 Å². The largest absolute Gasteiger partial charge is 0.477 e. The van der Waals surface area contributed by atoms with E-state index < -0.39 is 16.8 Å². The molecule has 1 aliphatic carbocycles. The number of hydrogen-bond donors (Lipinski definition) is 1. The van der Waals surface area contributed by atoms with Crippen LogP contribution >= 0.6 is 11.3 Å². The Hall–Kier alpha value is -0.680. The van der Waals surface area contributed by atoms with Crippen LogP contribution in [0.25, 0.3) is 0 Å². The first-order valence-electron chi connectivity index (χ1n) is 5.86. The molecule has 1 aromatic heterocycles. The standard InChI is InChI=1S/C12H16O3S2/c13-12(14)11-7-6-9(16-11)8-17(15)10-4-2-1-3-5-10/h6-7,10H,1-5,8H2,(H,13,14). The highest BCUT2D eigenvalue weighted by Gasteiger charge is 2.20. The quantitative estimate of drug-likeness (QED) is 0.916. The van der Waals surface area contributed by atoms with Gasteiger partial charge in [0.05, 0.1) is 5.75 Å². The zero-order chi connectivity index (χ0) is 12.3. The first-order chi connectivity index (χ1) is 8.16. The molecule has 0 saturated heterocycles. The highest BCUT2D eigenvalue weighted by atomic mass is 32.2. The maximum absolute atomic E-state index is 12.1.